The molecule has 5 heteroatoms. The summed E-state index contributed by atoms with van der Waals surface area (Å²) >= 11 is 1.42. The van der Waals surface area contributed by atoms with Crippen LogP contribution in [0, 0.1) is 0 Å². The number of anilines is 1. The van der Waals surface area contributed by atoms with Crippen LogP contribution in [0.4, 0.5) is 5.00 Å². The van der Waals surface area contributed by atoms with Crippen LogP contribution in [0.5, 0.6) is 0 Å². The van der Waals surface area contributed by atoms with Gasteiger partial charge in [-0.25, -0.2) is 0 Å². The van der Waals surface area contributed by atoms with Crippen molar-refractivity contribution < 1.29 is 0 Å². The predicted octanol–water partition coefficient (Wildman–Crippen LogP) is 2.26. The Bertz CT molecular complexity index is 280. The molecule has 2 N–H and O–H groups in total. The first kappa shape index (κ1) is 11.8. The Labute approximate surface area is 101 Å². The van der Waals surface area contributed by atoms with E-state index in [4.69, 9.17) is 0 Å². The largest absolute Gasteiger partial charge is 0.372 e. The van der Waals surface area contributed by atoms with Crippen molar-refractivity contribution in [2.24, 2.45) is 0 Å². The van der Waals surface area contributed by atoms with E-state index >= 15 is 0 Å². The first-order chi connectivity index (χ1) is 7.84. The minimum atomic E-state index is 0.484. The van der Waals surface area contributed by atoms with Crippen molar-refractivity contribution in [2.45, 2.75) is 51.1 Å². The van der Waals surface area contributed by atoms with E-state index in [9.17, 15) is 0 Å². The van der Waals surface area contributed by atoms with E-state index in [1.54, 1.807) is 6.20 Å². The highest BCUT2D eigenvalue weighted by atomic mass is 32.1. The monoisotopic (exact) mass is 240 g/mol. The first-order valence-corrected chi connectivity index (χ1v) is 6.89. The van der Waals surface area contributed by atoms with Crippen molar-refractivity contribution >= 4 is 16.5 Å². The average molecular weight is 240 g/mol. The highest BCUT2D eigenvalue weighted by molar-refractivity contribution is 7.09. The molecule has 2 unspecified atom stereocenters. The quantitative estimate of drug-likeness (QED) is 0.847. The Kier molecular flexibility index (Phi) is 4.54. The summed E-state index contributed by atoms with van der Waals surface area (Å²) in [5, 5.41) is 12.0. The van der Waals surface area contributed by atoms with Crippen LogP contribution in [-0.4, -0.2) is 28.2 Å². The third kappa shape index (κ3) is 3.72. The minimum absolute atomic E-state index is 0.484. The van der Waals surface area contributed by atoms with Crippen LogP contribution in [0.25, 0.3) is 0 Å². The van der Waals surface area contributed by atoms with Gasteiger partial charge in [-0.2, -0.15) is 0 Å². The highest BCUT2D eigenvalue weighted by Crippen LogP contribution is 2.16. The molecular formula is C11H20N4S. The van der Waals surface area contributed by atoms with Gasteiger partial charge in [-0.05, 0) is 32.7 Å². The maximum Gasteiger partial charge on any atom is 0.130 e. The van der Waals surface area contributed by atoms with Gasteiger partial charge >= 0.3 is 0 Å². The summed E-state index contributed by atoms with van der Waals surface area (Å²) in [5.41, 5.74) is 0. The van der Waals surface area contributed by atoms with E-state index in [1.807, 2.05) is 0 Å². The van der Waals surface area contributed by atoms with Crippen molar-refractivity contribution in [1.29, 1.82) is 0 Å². The summed E-state index contributed by atoms with van der Waals surface area (Å²) in [7, 11) is 0. The Morgan fingerprint density at radius 1 is 1.56 bits per heavy atom. The standard InChI is InChI=1S/C11H20N4S/c1-9(14-11-8-13-15-16-11)7-10-5-3-2-4-6-12-10/h8-10,12,14H,2-7H2,1H3. The predicted molar refractivity (Wildman–Crippen MR) is 67.9 cm³/mol. The molecule has 1 aromatic heterocycles. The molecule has 0 aromatic carbocycles. The Balaban J connectivity index is 1.75. The van der Waals surface area contributed by atoms with Gasteiger partial charge in [0, 0.05) is 23.6 Å². The lowest BCUT2D eigenvalue weighted by atomic mass is 10.0. The number of aromatic nitrogens is 2. The summed E-state index contributed by atoms with van der Waals surface area (Å²) in [4.78, 5) is 0. The molecule has 1 aliphatic rings. The van der Waals surface area contributed by atoms with Gasteiger partial charge in [0.25, 0.3) is 0 Å². The van der Waals surface area contributed by atoms with Crippen LogP contribution < -0.4 is 10.6 Å². The third-order valence-corrected chi connectivity index (χ3v) is 3.65. The lowest BCUT2D eigenvalue weighted by molar-refractivity contribution is 0.456. The van der Waals surface area contributed by atoms with E-state index < -0.39 is 0 Å². The van der Waals surface area contributed by atoms with Gasteiger partial charge in [-0.3, -0.25) is 0 Å². The van der Waals surface area contributed by atoms with Gasteiger partial charge < -0.3 is 10.6 Å². The van der Waals surface area contributed by atoms with Crippen molar-refractivity contribution in [3.63, 3.8) is 0 Å². The Morgan fingerprint density at radius 2 is 2.50 bits per heavy atom. The maximum atomic E-state index is 3.85. The van der Waals surface area contributed by atoms with E-state index in [0.717, 1.165) is 5.00 Å². The second-order valence-electron chi connectivity index (χ2n) is 4.56. The molecule has 0 spiro atoms. The van der Waals surface area contributed by atoms with Gasteiger partial charge in [0.05, 0.1) is 6.20 Å². The van der Waals surface area contributed by atoms with Crippen molar-refractivity contribution in [1.82, 2.24) is 14.9 Å². The summed E-state index contributed by atoms with van der Waals surface area (Å²) in [5.74, 6) is 0. The lowest BCUT2D eigenvalue weighted by Gasteiger charge is -2.21. The molecule has 0 bridgehead atoms. The molecule has 0 saturated carbocycles. The Morgan fingerprint density at radius 3 is 3.31 bits per heavy atom. The van der Waals surface area contributed by atoms with E-state index in [-0.39, 0.29) is 0 Å². The average Bonchev–Trinajstić information content (AvgIpc) is 2.62. The van der Waals surface area contributed by atoms with Crippen LogP contribution in [-0.2, 0) is 0 Å². The van der Waals surface area contributed by atoms with E-state index in [1.165, 1.54) is 50.2 Å². The Hall–Kier alpha value is -0.680. The molecule has 4 nitrogen and oxygen atoms in total. The fraction of sp³-hybridized carbons (Fsp3) is 0.818. The number of hydrogen-bond donors (Lipinski definition) is 2. The number of rotatable bonds is 4. The fourth-order valence-corrected chi connectivity index (χ4v) is 2.79. The van der Waals surface area contributed by atoms with Gasteiger partial charge in [-0.15, -0.1) is 5.10 Å². The fourth-order valence-electron chi connectivity index (χ4n) is 2.26. The van der Waals surface area contributed by atoms with Crippen LogP contribution >= 0.6 is 11.5 Å². The van der Waals surface area contributed by atoms with E-state index in [2.05, 4.69) is 27.1 Å². The molecule has 1 fully saturated rings. The molecule has 1 aromatic rings. The molecule has 0 radical (unpaired) electrons. The molecule has 2 heterocycles. The number of hydrogen-bond acceptors (Lipinski definition) is 5. The normalized spacial score (nSPS) is 23.7. The molecule has 2 rings (SSSR count). The topological polar surface area (TPSA) is 49.8 Å². The smallest absolute Gasteiger partial charge is 0.130 e. The molecule has 1 aliphatic heterocycles. The zero-order chi connectivity index (χ0) is 11.2. The third-order valence-electron chi connectivity index (χ3n) is 3.05. The number of nitrogens with one attached hydrogen (secondary N) is 2. The van der Waals surface area contributed by atoms with Crippen LogP contribution in [0.3, 0.4) is 0 Å². The molecule has 0 aliphatic carbocycles. The molecule has 0 amide bonds. The molecular weight excluding hydrogens is 220 g/mol. The first-order valence-electron chi connectivity index (χ1n) is 6.12. The highest BCUT2D eigenvalue weighted by Gasteiger charge is 2.15. The summed E-state index contributed by atoms with van der Waals surface area (Å²) in [6, 6.07) is 1.16. The molecule has 1 saturated heterocycles. The molecule has 90 valence electrons. The van der Waals surface area contributed by atoms with E-state index in [0.29, 0.717) is 12.1 Å². The van der Waals surface area contributed by atoms with Crippen LogP contribution in [0.2, 0.25) is 0 Å². The van der Waals surface area contributed by atoms with Gasteiger partial charge in [0.15, 0.2) is 0 Å². The molecule has 2 atom stereocenters. The van der Waals surface area contributed by atoms with Gasteiger partial charge in [0.1, 0.15) is 5.00 Å². The SMILES string of the molecule is CC(CC1CCCCCN1)Nc1cnns1. The summed E-state index contributed by atoms with van der Waals surface area (Å²) in [6.07, 6.45) is 8.36. The second kappa shape index (κ2) is 6.15. The number of nitrogens with zero attached hydrogens (tertiary/aromatic N) is 2. The lowest BCUT2D eigenvalue weighted by Crippen LogP contribution is -2.33. The van der Waals surface area contributed by atoms with Gasteiger partial charge in [-0.1, -0.05) is 17.3 Å². The summed E-state index contributed by atoms with van der Waals surface area (Å²) in [6.45, 7) is 3.41. The minimum Gasteiger partial charge on any atom is -0.372 e. The van der Waals surface area contributed by atoms with Crippen LogP contribution in [0.15, 0.2) is 6.20 Å². The van der Waals surface area contributed by atoms with Crippen molar-refractivity contribution in [3.8, 4) is 0 Å². The van der Waals surface area contributed by atoms with Gasteiger partial charge in [0.2, 0.25) is 0 Å². The maximum absolute atomic E-state index is 3.85. The molecule has 16 heavy (non-hydrogen) atoms. The second-order valence-corrected chi connectivity index (χ2v) is 5.35. The van der Waals surface area contributed by atoms with Crippen LogP contribution in [0.1, 0.15) is 39.0 Å². The zero-order valence-corrected chi connectivity index (χ0v) is 10.6. The summed E-state index contributed by atoms with van der Waals surface area (Å²) < 4.78 is 3.85. The zero-order valence-electron chi connectivity index (χ0n) is 9.78. The van der Waals surface area contributed by atoms with Crippen molar-refractivity contribution in [3.05, 3.63) is 6.20 Å². The van der Waals surface area contributed by atoms with Crippen molar-refractivity contribution in [2.75, 3.05) is 11.9 Å².